The Morgan fingerprint density at radius 3 is 2.85 bits per heavy atom. The first-order chi connectivity index (χ1) is 9.56. The molecule has 3 heterocycles. The largest absolute Gasteiger partial charge is 0.468 e. The topological polar surface area (TPSA) is 51.3 Å². The van der Waals surface area contributed by atoms with Crippen LogP contribution in [0.25, 0.3) is 0 Å². The number of hydrogen-bond acceptors (Lipinski definition) is 4. The van der Waals surface area contributed by atoms with E-state index in [-0.39, 0.29) is 11.2 Å². The van der Waals surface area contributed by atoms with Gasteiger partial charge in [0.1, 0.15) is 11.6 Å². The molecular formula is C14H17N3O2S. The van der Waals surface area contributed by atoms with Crippen molar-refractivity contribution in [1.29, 1.82) is 0 Å². The third-order valence-corrected chi connectivity index (χ3v) is 4.89. The summed E-state index contributed by atoms with van der Waals surface area (Å²) in [5.41, 5.74) is 0.928. The van der Waals surface area contributed by atoms with Crippen LogP contribution in [0.2, 0.25) is 0 Å². The van der Waals surface area contributed by atoms with E-state index in [1.54, 1.807) is 22.7 Å². The van der Waals surface area contributed by atoms with Crippen molar-refractivity contribution in [1.82, 2.24) is 9.78 Å². The molecule has 1 fully saturated rings. The highest BCUT2D eigenvalue weighted by molar-refractivity contribution is 8.00. The maximum Gasteiger partial charge on any atom is 0.241 e. The molecule has 0 radical (unpaired) electrons. The molecule has 1 saturated heterocycles. The molecule has 1 unspecified atom stereocenters. The van der Waals surface area contributed by atoms with Crippen molar-refractivity contribution in [2.45, 2.75) is 30.4 Å². The van der Waals surface area contributed by atoms with Gasteiger partial charge in [0, 0.05) is 24.6 Å². The van der Waals surface area contributed by atoms with Gasteiger partial charge in [-0.15, -0.1) is 11.8 Å². The summed E-state index contributed by atoms with van der Waals surface area (Å²) in [5.74, 6) is 1.90. The van der Waals surface area contributed by atoms with Gasteiger partial charge in [-0.25, -0.2) is 0 Å². The summed E-state index contributed by atoms with van der Waals surface area (Å²) in [7, 11) is 1.87. The van der Waals surface area contributed by atoms with Gasteiger partial charge >= 0.3 is 0 Å². The van der Waals surface area contributed by atoms with Crippen molar-refractivity contribution in [2.75, 3.05) is 11.4 Å². The number of aryl methyl sites for hydroxylation is 3. The number of amides is 1. The molecule has 2 aromatic heterocycles. The van der Waals surface area contributed by atoms with Crippen LogP contribution in [-0.4, -0.2) is 27.5 Å². The van der Waals surface area contributed by atoms with E-state index >= 15 is 0 Å². The first-order valence-corrected chi connectivity index (χ1v) is 7.47. The monoisotopic (exact) mass is 291 g/mol. The number of carbonyl (C=O) groups is 1. The van der Waals surface area contributed by atoms with E-state index in [1.165, 1.54) is 0 Å². The molecular weight excluding hydrogens is 274 g/mol. The summed E-state index contributed by atoms with van der Waals surface area (Å²) in [4.78, 5) is 15.4. The van der Waals surface area contributed by atoms with Crippen molar-refractivity contribution in [3.05, 3.63) is 29.9 Å². The van der Waals surface area contributed by atoms with Gasteiger partial charge in [-0.2, -0.15) is 5.10 Å². The second-order valence-electron chi connectivity index (χ2n) is 4.99. The molecule has 1 aliphatic rings. The Bertz CT molecular complexity index is 647. The van der Waals surface area contributed by atoms with Gasteiger partial charge in [0.15, 0.2) is 0 Å². The Hall–Kier alpha value is -1.69. The molecule has 106 valence electrons. The first-order valence-electron chi connectivity index (χ1n) is 6.59. The summed E-state index contributed by atoms with van der Waals surface area (Å²) >= 11 is 1.59. The molecule has 3 rings (SSSR count). The fourth-order valence-electron chi connectivity index (χ4n) is 2.49. The highest BCUT2D eigenvalue weighted by atomic mass is 32.2. The molecule has 0 aliphatic carbocycles. The van der Waals surface area contributed by atoms with Crippen molar-refractivity contribution < 1.29 is 9.21 Å². The Morgan fingerprint density at radius 2 is 2.25 bits per heavy atom. The van der Waals surface area contributed by atoms with E-state index in [0.717, 1.165) is 35.1 Å². The summed E-state index contributed by atoms with van der Waals surface area (Å²) in [5, 5.41) is 4.27. The van der Waals surface area contributed by atoms with E-state index in [2.05, 4.69) is 5.10 Å². The van der Waals surface area contributed by atoms with Crippen molar-refractivity contribution in [3.8, 4) is 0 Å². The minimum absolute atomic E-state index is 0.0403. The van der Waals surface area contributed by atoms with Crippen LogP contribution in [0.5, 0.6) is 0 Å². The molecule has 6 heteroatoms. The SMILES string of the molecule is Cc1cc(N2CCC(Sc3ccoc3C)C2=O)n(C)n1. The lowest BCUT2D eigenvalue weighted by atomic mass is 10.4. The zero-order chi connectivity index (χ0) is 14.3. The van der Waals surface area contributed by atoms with Gasteiger partial charge < -0.3 is 4.42 Å². The zero-order valence-corrected chi connectivity index (χ0v) is 12.6. The summed E-state index contributed by atoms with van der Waals surface area (Å²) < 4.78 is 7.05. The maximum absolute atomic E-state index is 12.5. The second-order valence-corrected chi connectivity index (χ2v) is 6.24. The quantitative estimate of drug-likeness (QED) is 0.872. The third kappa shape index (κ3) is 2.24. The van der Waals surface area contributed by atoms with Crippen molar-refractivity contribution >= 4 is 23.5 Å². The molecule has 20 heavy (non-hydrogen) atoms. The fraction of sp³-hybridized carbons (Fsp3) is 0.429. The van der Waals surface area contributed by atoms with Crippen LogP contribution in [0.4, 0.5) is 5.82 Å². The van der Waals surface area contributed by atoms with Crippen LogP contribution in [0, 0.1) is 13.8 Å². The molecule has 5 nitrogen and oxygen atoms in total. The standard InChI is InChI=1S/C14H17N3O2S/c1-9-8-13(16(3)15-9)17-6-4-12(14(17)18)20-11-5-7-19-10(11)2/h5,7-8,12H,4,6H2,1-3H3. The van der Waals surface area contributed by atoms with Gasteiger partial charge in [-0.05, 0) is 26.3 Å². The lowest BCUT2D eigenvalue weighted by Gasteiger charge is -2.16. The van der Waals surface area contributed by atoms with E-state index in [0.29, 0.717) is 0 Å². The molecule has 1 atom stereocenters. The van der Waals surface area contributed by atoms with Crippen LogP contribution in [0.3, 0.4) is 0 Å². The van der Waals surface area contributed by atoms with Crippen LogP contribution in [-0.2, 0) is 11.8 Å². The van der Waals surface area contributed by atoms with E-state index in [4.69, 9.17) is 4.42 Å². The highest BCUT2D eigenvalue weighted by Gasteiger charge is 2.35. The van der Waals surface area contributed by atoms with Crippen molar-refractivity contribution in [3.63, 3.8) is 0 Å². The van der Waals surface area contributed by atoms with Gasteiger partial charge in [0.25, 0.3) is 0 Å². The van der Waals surface area contributed by atoms with E-state index in [1.807, 2.05) is 37.9 Å². The molecule has 1 aliphatic heterocycles. The fourth-order valence-corrected chi connectivity index (χ4v) is 3.60. The number of nitrogens with zero attached hydrogens (tertiary/aromatic N) is 3. The lowest BCUT2D eigenvalue weighted by molar-refractivity contribution is -0.116. The Kier molecular flexibility index (Phi) is 3.33. The molecule has 0 N–H and O–H groups in total. The van der Waals surface area contributed by atoms with Gasteiger partial charge in [-0.3, -0.25) is 14.4 Å². The number of furan rings is 1. The van der Waals surface area contributed by atoms with Gasteiger partial charge in [0.2, 0.25) is 5.91 Å². The summed E-state index contributed by atoms with van der Waals surface area (Å²) in [6.07, 6.45) is 2.51. The second kappa shape index (κ2) is 5.01. The van der Waals surface area contributed by atoms with E-state index < -0.39 is 0 Å². The summed E-state index contributed by atoms with van der Waals surface area (Å²) in [6, 6.07) is 3.87. The molecule has 2 aromatic rings. The maximum atomic E-state index is 12.5. The van der Waals surface area contributed by atoms with E-state index in [9.17, 15) is 4.79 Å². The predicted molar refractivity (Wildman–Crippen MR) is 78.0 cm³/mol. The van der Waals surface area contributed by atoms with Crippen LogP contribution in [0.15, 0.2) is 27.7 Å². The number of carbonyl (C=O) groups excluding carboxylic acids is 1. The predicted octanol–water partition coefficient (Wildman–Crippen LogP) is 2.53. The minimum atomic E-state index is -0.0403. The highest BCUT2D eigenvalue weighted by Crippen LogP contribution is 2.34. The third-order valence-electron chi connectivity index (χ3n) is 3.49. The van der Waals surface area contributed by atoms with Crippen LogP contribution >= 0.6 is 11.8 Å². The number of thioether (sulfide) groups is 1. The molecule has 0 spiro atoms. The lowest BCUT2D eigenvalue weighted by Crippen LogP contribution is -2.29. The van der Waals surface area contributed by atoms with Crippen molar-refractivity contribution in [2.24, 2.45) is 7.05 Å². The molecule has 0 saturated carbocycles. The van der Waals surface area contributed by atoms with Gasteiger partial charge in [0.05, 0.1) is 17.2 Å². The zero-order valence-electron chi connectivity index (χ0n) is 11.8. The molecule has 0 bridgehead atoms. The molecule has 1 amide bonds. The Balaban J connectivity index is 1.77. The van der Waals surface area contributed by atoms with Crippen LogP contribution in [0.1, 0.15) is 17.9 Å². The number of rotatable bonds is 3. The number of aromatic nitrogens is 2. The Morgan fingerprint density at radius 1 is 1.45 bits per heavy atom. The average Bonchev–Trinajstić information content (AvgIpc) is 3.04. The smallest absolute Gasteiger partial charge is 0.241 e. The van der Waals surface area contributed by atoms with Crippen LogP contribution < -0.4 is 4.90 Å². The number of anilines is 1. The first kappa shape index (κ1) is 13.3. The summed E-state index contributed by atoms with van der Waals surface area (Å²) in [6.45, 7) is 4.60. The Labute approximate surface area is 121 Å². The normalized spacial score (nSPS) is 19.1. The molecule has 0 aromatic carbocycles. The number of hydrogen-bond donors (Lipinski definition) is 0. The average molecular weight is 291 g/mol. The minimum Gasteiger partial charge on any atom is -0.468 e. The van der Waals surface area contributed by atoms with Gasteiger partial charge in [-0.1, -0.05) is 0 Å².